The Balaban J connectivity index is 3.26. The molecule has 0 saturated heterocycles. The third-order valence-electron chi connectivity index (χ3n) is 1.87. The molecule has 0 aliphatic heterocycles. The Morgan fingerprint density at radius 1 is 1.46 bits per heavy atom. The summed E-state index contributed by atoms with van der Waals surface area (Å²) in [5, 5.41) is 8.90. The second-order valence-corrected chi connectivity index (χ2v) is 4.44. The minimum atomic E-state index is -0.847. The average molecular weight is 290 g/mol. The van der Waals surface area contributed by atoms with Crippen LogP contribution in [0.1, 0.15) is 35.7 Å². The summed E-state index contributed by atoms with van der Waals surface area (Å²) < 4.78 is 1.08. The molecule has 0 atom stereocenters. The minimum Gasteiger partial charge on any atom is -0.478 e. The maximum absolute atomic E-state index is 10.8. The van der Waals surface area contributed by atoms with E-state index in [0.29, 0.717) is 5.56 Å². The molecular weight excluding hydrogens is 279 g/mol. The fourth-order valence-electron chi connectivity index (χ4n) is 1.21. The van der Waals surface area contributed by atoms with E-state index in [4.69, 9.17) is 5.11 Å². The Labute approximate surface area is 91.1 Å². The average Bonchev–Trinajstić information content (AvgIpc) is 2.03. The highest BCUT2D eigenvalue weighted by molar-refractivity contribution is 14.1. The van der Waals surface area contributed by atoms with Crippen molar-refractivity contribution in [2.45, 2.75) is 19.8 Å². The number of rotatable bonds is 2. The van der Waals surface area contributed by atoms with Crippen LogP contribution in [0.4, 0.5) is 0 Å². The molecule has 0 spiro atoms. The Morgan fingerprint density at radius 3 is 2.54 bits per heavy atom. The number of hydrogen-bond acceptors (Lipinski definition) is 1. The summed E-state index contributed by atoms with van der Waals surface area (Å²) in [4.78, 5) is 10.8. The maximum Gasteiger partial charge on any atom is 0.335 e. The summed E-state index contributed by atoms with van der Waals surface area (Å²) in [5.41, 5.74) is 1.31. The lowest BCUT2D eigenvalue weighted by Crippen LogP contribution is -2.03. The summed E-state index contributed by atoms with van der Waals surface area (Å²) in [7, 11) is 0. The molecule has 0 saturated carbocycles. The van der Waals surface area contributed by atoms with Crippen molar-refractivity contribution in [3.05, 3.63) is 32.9 Å². The van der Waals surface area contributed by atoms with Crippen molar-refractivity contribution in [1.82, 2.24) is 0 Å². The molecule has 1 rings (SSSR count). The summed E-state index contributed by atoms with van der Waals surface area (Å²) in [6.45, 7) is 4.00. The van der Waals surface area contributed by atoms with Crippen molar-refractivity contribution in [3.63, 3.8) is 0 Å². The van der Waals surface area contributed by atoms with Crippen LogP contribution in [0.15, 0.2) is 18.2 Å². The van der Waals surface area contributed by atoms with Crippen molar-refractivity contribution < 1.29 is 9.90 Å². The van der Waals surface area contributed by atoms with Crippen LogP contribution in [0.5, 0.6) is 0 Å². The topological polar surface area (TPSA) is 37.3 Å². The van der Waals surface area contributed by atoms with E-state index in [-0.39, 0.29) is 5.92 Å². The van der Waals surface area contributed by atoms with Gasteiger partial charge in [-0.05, 0) is 52.3 Å². The molecule has 0 amide bonds. The lowest BCUT2D eigenvalue weighted by atomic mass is 9.97. The SMILES string of the molecule is CC(C)c1cc(I)ccc1C(=O)O. The monoisotopic (exact) mass is 290 g/mol. The molecule has 0 aliphatic rings. The largest absolute Gasteiger partial charge is 0.478 e. The molecular formula is C10H11IO2. The molecule has 1 N–H and O–H groups in total. The van der Waals surface area contributed by atoms with E-state index >= 15 is 0 Å². The molecule has 0 aromatic heterocycles. The Kier molecular flexibility index (Phi) is 3.30. The second-order valence-electron chi connectivity index (χ2n) is 3.19. The normalized spacial score (nSPS) is 10.5. The standard InChI is InChI=1S/C10H11IO2/c1-6(2)9-5-7(11)3-4-8(9)10(12)13/h3-6H,1-2H3,(H,12,13). The van der Waals surface area contributed by atoms with Crippen LogP contribution in [0.2, 0.25) is 0 Å². The lowest BCUT2D eigenvalue weighted by Gasteiger charge is -2.09. The predicted octanol–water partition coefficient (Wildman–Crippen LogP) is 3.11. The van der Waals surface area contributed by atoms with Gasteiger partial charge in [0.25, 0.3) is 0 Å². The molecule has 0 heterocycles. The molecule has 0 radical (unpaired) electrons. The first-order valence-electron chi connectivity index (χ1n) is 4.05. The molecule has 1 aromatic carbocycles. The first-order chi connectivity index (χ1) is 6.02. The highest BCUT2D eigenvalue weighted by atomic mass is 127. The van der Waals surface area contributed by atoms with E-state index in [1.54, 1.807) is 6.07 Å². The van der Waals surface area contributed by atoms with Crippen molar-refractivity contribution >= 4 is 28.6 Å². The van der Waals surface area contributed by atoms with Crippen LogP contribution in [0.25, 0.3) is 0 Å². The van der Waals surface area contributed by atoms with Crippen LogP contribution in [0, 0.1) is 3.57 Å². The molecule has 0 fully saturated rings. The van der Waals surface area contributed by atoms with Gasteiger partial charge < -0.3 is 5.11 Å². The number of carboxylic acid groups (broad SMARTS) is 1. The first-order valence-corrected chi connectivity index (χ1v) is 5.13. The van der Waals surface area contributed by atoms with E-state index in [1.807, 2.05) is 26.0 Å². The van der Waals surface area contributed by atoms with E-state index in [0.717, 1.165) is 9.13 Å². The van der Waals surface area contributed by atoms with Gasteiger partial charge in [-0.15, -0.1) is 0 Å². The summed E-state index contributed by atoms with van der Waals surface area (Å²) >= 11 is 2.19. The molecule has 70 valence electrons. The van der Waals surface area contributed by atoms with Crippen molar-refractivity contribution in [1.29, 1.82) is 0 Å². The second kappa shape index (κ2) is 4.09. The number of halogens is 1. The summed E-state index contributed by atoms with van der Waals surface area (Å²) in [6.07, 6.45) is 0. The van der Waals surface area contributed by atoms with Gasteiger partial charge >= 0.3 is 5.97 Å². The van der Waals surface area contributed by atoms with Gasteiger partial charge in [0.1, 0.15) is 0 Å². The fourth-order valence-corrected chi connectivity index (χ4v) is 1.72. The predicted molar refractivity (Wildman–Crippen MR) is 60.2 cm³/mol. The third kappa shape index (κ3) is 2.43. The number of aromatic carboxylic acids is 1. The molecule has 13 heavy (non-hydrogen) atoms. The molecule has 0 aliphatic carbocycles. The number of benzene rings is 1. The zero-order chi connectivity index (χ0) is 10.0. The highest BCUT2D eigenvalue weighted by Crippen LogP contribution is 2.21. The van der Waals surface area contributed by atoms with Crippen LogP contribution >= 0.6 is 22.6 Å². The molecule has 1 aromatic rings. The van der Waals surface area contributed by atoms with Crippen LogP contribution < -0.4 is 0 Å². The summed E-state index contributed by atoms with van der Waals surface area (Å²) in [5.74, 6) is -0.596. The Morgan fingerprint density at radius 2 is 2.08 bits per heavy atom. The van der Waals surface area contributed by atoms with E-state index in [2.05, 4.69) is 22.6 Å². The number of carbonyl (C=O) groups is 1. The Bertz CT molecular complexity index is 332. The van der Waals surface area contributed by atoms with Gasteiger partial charge in [-0.25, -0.2) is 4.79 Å². The quantitative estimate of drug-likeness (QED) is 0.850. The number of carboxylic acids is 1. The highest BCUT2D eigenvalue weighted by Gasteiger charge is 2.12. The van der Waals surface area contributed by atoms with Crippen LogP contribution in [0.3, 0.4) is 0 Å². The van der Waals surface area contributed by atoms with Crippen LogP contribution in [-0.4, -0.2) is 11.1 Å². The van der Waals surface area contributed by atoms with Crippen LogP contribution in [-0.2, 0) is 0 Å². The smallest absolute Gasteiger partial charge is 0.335 e. The third-order valence-corrected chi connectivity index (χ3v) is 2.54. The van der Waals surface area contributed by atoms with Gasteiger partial charge in [0.05, 0.1) is 5.56 Å². The first kappa shape index (κ1) is 10.5. The van der Waals surface area contributed by atoms with Gasteiger partial charge in [-0.1, -0.05) is 13.8 Å². The van der Waals surface area contributed by atoms with E-state index in [9.17, 15) is 4.79 Å². The fraction of sp³-hybridized carbons (Fsp3) is 0.300. The van der Waals surface area contributed by atoms with Gasteiger partial charge in [0, 0.05) is 3.57 Å². The Hall–Kier alpha value is -0.580. The molecule has 0 bridgehead atoms. The lowest BCUT2D eigenvalue weighted by molar-refractivity contribution is 0.0695. The van der Waals surface area contributed by atoms with E-state index in [1.165, 1.54) is 0 Å². The van der Waals surface area contributed by atoms with Gasteiger partial charge in [0.15, 0.2) is 0 Å². The van der Waals surface area contributed by atoms with E-state index < -0.39 is 5.97 Å². The summed E-state index contributed by atoms with van der Waals surface area (Å²) in [6, 6.07) is 5.41. The molecule has 3 heteroatoms. The zero-order valence-corrected chi connectivity index (χ0v) is 9.70. The molecule has 0 unspecified atom stereocenters. The van der Waals surface area contributed by atoms with Crippen molar-refractivity contribution in [2.75, 3.05) is 0 Å². The van der Waals surface area contributed by atoms with Crippen molar-refractivity contribution in [2.24, 2.45) is 0 Å². The number of hydrogen-bond donors (Lipinski definition) is 1. The minimum absolute atomic E-state index is 0.251. The van der Waals surface area contributed by atoms with Gasteiger partial charge in [-0.2, -0.15) is 0 Å². The van der Waals surface area contributed by atoms with Crippen molar-refractivity contribution in [3.8, 4) is 0 Å². The maximum atomic E-state index is 10.8. The van der Waals surface area contributed by atoms with Gasteiger partial charge in [-0.3, -0.25) is 0 Å². The zero-order valence-electron chi connectivity index (χ0n) is 7.54. The molecule has 2 nitrogen and oxygen atoms in total. The van der Waals surface area contributed by atoms with Gasteiger partial charge in [0.2, 0.25) is 0 Å².